The van der Waals surface area contributed by atoms with Crippen LogP contribution in [0.25, 0.3) is 5.69 Å². The lowest BCUT2D eigenvalue weighted by Gasteiger charge is -2.29. The Kier molecular flexibility index (Phi) is 3.34. The van der Waals surface area contributed by atoms with E-state index in [4.69, 9.17) is 0 Å². The first kappa shape index (κ1) is 13.4. The molecule has 2 aliphatic heterocycles. The molecule has 2 aromatic rings. The molecule has 2 atom stereocenters. The number of rotatable bonds is 3. The lowest BCUT2D eigenvalue weighted by molar-refractivity contribution is 0.0924. The number of hydrogen-bond acceptors (Lipinski definition) is 5. The summed E-state index contributed by atoms with van der Waals surface area (Å²) in [6.07, 6.45) is 6.02. The van der Waals surface area contributed by atoms with Gasteiger partial charge in [0.1, 0.15) is 6.33 Å². The first-order chi connectivity index (χ1) is 10.8. The fourth-order valence-electron chi connectivity index (χ4n) is 3.51. The van der Waals surface area contributed by atoms with Crippen LogP contribution >= 0.6 is 0 Å². The first-order valence-electron chi connectivity index (χ1n) is 7.68. The molecule has 0 saturated carbocycles. The molecule has 4 rings (SSSR count). The molecule has 1 aromatic carbocycles. The Morgan fingerprint density at radius 2 is 2.09 bits per heavy atom. The number of piperidine rings is 1. The summed E-state index contributed by atoms with van der Waals surface area (Å²) in [5.41, 5.74) is 1.42. The minimum Gasteiger partial charge on any atom is -0.349 e. The SMILES string of the molecule is O=C(NC1CC2CCC(C1)N2)c1cccc(-n2cnnn2)c1. The lowest BCUT2D eigenvalue weighted by atomic mass is 9.99. The molecule has 1 aromatic heterocycles. The summed E-state index contributed by atoms with van der Waals surface area (Å²) in [5.74, 6) is -0.0266. The second-order valence-corrected chi connectivity index (χ2v) is 6.08. The number of carbonyl (C=O) groups excluding carboxylic acids is 1. The first-order valence-corrected chi connectivity index (χ1v) is 7.68. The van der Waals surface area contributed by atoms with Crippen molar-refractivity contribution >= 4 is 5.91 Å². The number of fused-ring (bicyclic) bond motifs is 2. The van der Waals surface area contributed by atoms with Gasteiger partial charge in [-0.1, -0.05) is 6.07 Å². The standard InChI is InChI=1S/C15H18N6O/c22-15(18-13-7-11-4-5-12(8-13)17-11)10-2-1-3-14(6-10)21-9-16-19-20-21/h1-3,6,9,11-13,17H,4-5,7-8H2,(H,18,22). The molecule has 2 bridgehead atoms. The van der Waals surface area contributed by atoms with Crippen molar-refractivity contribution in [2.24, 2.45) is 0 Å². The van der Waals surface area contributed by atoms with Crippen molar-refractivity contribution in [3.8, 4) is 5.69 Å². The summed E-state index contributed by atoms with van der Waals surface area (Å²) in [4.78, 5) is 12.5. The van der Waals surface area contributed by atoms with Crippen LogP contribution in [0, 0.1) is 0 Å². The van der Waals surface area contributed by atoms with Crippen molar-refractivity contribution in [1.82, 2.24) is 30.8 Å². The molecule has 0 radical (unpaired) electrons. The van der Waals surface area contributed by atoms with E-state index in [0.29, 0.717) is 17.6 Å². The minimum atomic E-state index is -0.0266. The third kappa shape index (κ3) is 2.59. The topological polar surface area (TPSA) is 84.7 Å². The predicted molar refractivity (Wildman–Crippen MR) is 79.6 cm³/mol. The highest BCUT2D eigenvalue weighted by atomic mass is 16.1. The molecule has 1 amide bonds. The van der Waals surface area contributed by atoms with Crippen molar-refractivity contribution in [3.63, 3.8) is 0 Å². The predicted octanol–water partition coefficient (Wildman–Crippen LogP) is 0.675. The highest BCUT2D eigenvalue weighted by Crippen LogP contribution is 2.27. The quantitative estimate of drug-likeness (QED) is 0.870. The Morgan fingerprint density at radius 1 is 1.27 bits per heavy atom. The number of benzene rings is 1. The molecule has 7 heteroatoms. The van der Waals surface area contributed by atoms with Crippen LogP contribution in [0.4, 0.5) is 0 Å². The van der Waals surface area contributed by atoms with E-state index in [1.165, 1.54) is 19.2 Å². The van der Waals surface area contributed by atoms with Gasteiger partial charge in [0.2, 0.25) is 0 Å². The van der Waals surface area contributed by atoms with E-state index in [9.17, 15) is 4.79 Å². The zero-order valence-corrected chi connectivity index (χ0v) is 12.1. The van der Waals surface area contributed by atoms with Crippen LogP contribution in [0.2, 0.25) is 0 Å². The van der Waals surface area contributed by atoms with Crippen molar-refractivity contribution in [2.45, 2.75) is 43.8 Å². The van der Waals surface area contributed by atoms with Gasteiger partial charge in [-0.3, -0.25) is 4.79 Å². The zero-order chi connectivity index (χ0) is 14.9. The average Bonchev–Trinajstić information content (AvgIpc) is 3.17. The van der Waals surface area contributed by atoms with E-state index in [0.717, 1.165) is 18.5 Å². The van der Waals surface area contributed by atoms with Gasteiger partial charge in [0.15, 0.2) is 0 Å². The molecule has 2 aliphatic rings. The van der Waals surface area contributed by atoms with Crippen LogP contribution in [0.5, 0.6) is 0 Å². The fourth-order valence-corrected chi connectivity index (χ4v) is 3.51. The maximum atomic E-state index is 12.5. The number of hydrogen-bond donors (Lipinski definition) is 2. The third-order valence-electron chi connectivity index (χ3n) is 4.53. The maximum absolute atomic E-state index is 12.5. The molecule has 22 heavy (non-hydrogen) atoms. The van der Waals surface area contributed by atoms with Crippen molar-refractivity contribution in [1.29, 1.82) is 0 Å². The van der Waals surface area contributed by atoms with E-state index in [-0.39, 0.29) is 11.9 Å². The number of aromatic nitrogens is 4. The lowest BCUT2D eigenvalue weighted by Crippen LogP contribution is -2.48. The number of tetrazole rings is 1. The van der Waals surface area contributed by atoms with Gasteiger partial charge in [0.25, 0.3) is 5.91 Å². The Bertz CT molecular complexity index is 658. The molecule has 3 heterocycles. The minimum absolute atomic E-state index is 0.0266. The van der Waals surface area contributed by atoms with Gasteiger partial charge in [-0.05, 0) is 54.3 Å². The van der Waals surface area contributed by atoms with E-state index in [2.05, 4.69) is 26.2 Å². The van der Waals surface area contributed by atoms with Crippen molar-refractivity contribution in [3.05, 3.63) is 36.2 Å². The Labute approximate surface area is 128 Å². The van der Waals surface area contributed by atoms with Gasteiger partial charge < -0.3 is 10.6 Å². The van der Waals surface area contributed by atoms with Gasteiger partial charge in [-0.25, -0.2) is 4.68 Å². The smallest absolute Gasteiger partial charge is 0.251 e. The Hall–Kier alpha value is -2.28. The van der Waals surface area contributed by atoms with E-state index >= 15 is 0 Å². The molecule has 2 unspecified atom stereocenters. The molecule has 2 N–H and O–H groups in total. The number of nitrogens with one attached hydrogen (secondary N) is 2. The molecular weight excluding hydrogens is 280 g/mol. The van der Waals surface area contributed by atoms with Crippen LogP contribution in [-0.2, 0) is 0 Å². The van der Waals surface area contributed by atoms with Crippen molar-refractivity contribution < 1.29 is 4.79 Å². The van der Waals surface area contributed by atoms with Gasteiger partial charge in [0, 0.05) is 23.7 Å². The van der Waals surface area contributed by atoms with Gasteiger partial charge in [-0.2, -0.15) is 0 Å². The molecule has 0 aliphatic carbocycles. The summed E-state index contributed by atoms with van der Waals surface area (Å²) >= 11 is 0. The number of amides is 1. The van der Waals surface area contributed by atoms with Crippen molar-refractivity contribution in [2.75, 3.05) is 0 Å². The van der Waals surface area contributed by atoms with Crippen LogP contribution in [-0.4, -0.2) is 44.2 Å². The van der Waals surface area contributed by atoms with Gasteiger partial charge >= 0.3 is 0 Å². The number of carbonyl (C=O) groups is 1. The molecule has 2 saturated heterocycles. The summed E-state index contributed by atoms with van der Waals surface area (Å²) in [6, 6.07) is 8.74. The van der Waals surface area contributed by atoms with Crippen LogP contribution in [0.15, 0.2) is 30.6 Å². The summed E-state index contributed by atoms with van der Waals surface area (Å²) < 4.78 is 1.54. The van der Waals surface area contributed by atoms with E-state index in [1.54, 1.807) is 10.7 Å². The van der Waals surface area contributed by atoms with Gasteiger partial charge in [-0.15, -0.1) is 5.10 Å². The van der Waals surface area contributed by atoms with Crippen LogP contribution < -0.4 is 10.6 Å². The fraction of sp³-hybridized carbons (Fsp3) is 0.467. The Balaban J connectivity index is 1.47. The summed E-state index contributed by atoms with van der Waals surface area (Å²) in [7, 11) is 0. The molecule has 2 fully saturated rings. The monoisotopic (exact) mass is 298 g/mol. The second kappa shape index (κ2) is 5.49. The molecule has 0 spiro atoms. The maximum Gasteiger partial charge on any atom is 0.251 e. The molecule has 114 valence electrons. The summed E-state index contributed by atoms with van der Waals surface area (Å²) in [6.45, 7) is 0. The largest absolute Gasteiger partial charge is 0.349 e. The third-order valence-corrected chi connectivity index (χ3v) is 4.53. The Morgan fingerprint density at radius 3 is 2.82 bits per heavy atom. The average molecular weight is 298 g/mol. The number of nitrogens with zero attached hydrogens (tertiary/aromatic N) is 4. The second-order valence-electron chi connectivity index (χ2n) is 6.08. The van der Waals surface area contributed by atoms with Gasteiger partial charge in [0.05, 0.1) is 5.69 Å². The molecular formula is C15H18N6O. The highest BCUT2D eigenvalue weighted by molar-refractivity contribution is 5.94. The summed E-state index contributed by atoms with van der Waals surface area (Å²) in [5, 5.41) is 17.8. The van der Waals surface area contributed by atoms with E-state index in [1.807, 2.05) is 18.2 Å². The van der Waals surface area contributed by atoms with Crippen LogP contribution in [0.1, 0.15) is 36.0 Å². The normalized spacial score (nSPS) is 26.8. The van der Waals surface area contributed by atoms with E-state index < -0.39 is 0 Å². The zero-order valence-electron chi connectivity index (χ0n) is 12.1. The van der Waals surface area contributed by atoms with Crippen LogP contribution in [0.3, 0.4) is 0 Å². The molecule has 7 nitrogen and oxygen atoms in total. The highest BCUT2D eigenvalue weighted by Gasteiger charge is 2.34.